The summed E-state index contributed by atoms with van der Waals surface area (Å²) in [7, 11) is -16.7. The fourth-order valence-electron chi connectivity index (χ4n) is 2.72. The van der Waals surface area contributed by atoms with Gasteiger partial charge in [0, 0.05) is 18.2 Å². The van der Waals surface area contributed by atoms with E-state index in [1.807, 2.05) is 6.07 Å². The maximum atomic E-state index is 12.1. The number of nitrogens with zero attached hydrogens (tertiary/aromatic N) is 2. The van der Waals surface area contributed by atoms with E-state index in [0.717, 1.165) is 4.57 Å². The number of nitrogens with one attached hydrogen (secondary N) is 1. The summed E-state index contributed by atoms with van der Waals surface area (Å²) in [5, 5.41) is 8.66. The molecule has 2 heterocycles. The van der Waals surface area contributed by atoms with E-state index in [1.165, 1.54) is 13.1 Å². The molecule has 0 aliphatic carbocycles. The Hall–Kier alpha value is -1.50. The van der Waals surface area contributed by atoms with Gasteiger partial charge in [-0.2, -0.15) is 13.9 Å². The van der Waals surface area contributed by atoms with Crippen molar-refractivity contribution in [3.05, 3.63) is 32.6 Å². The van der Waals surface area contributed by atoms with Crippen molar-refractivity contribution in [1.82, 2.24) is 9.55 Å². The second-order valence-corrected chi connectivity index (χ2v) is 11.0. The van der Waals surface area contributed by atoms with E-state index in [1.54, 1.807) is 0 Å². The van der Waals surface area contributed by atoms with Crippen LogP contribution in [0.2, 0.25) is 0 Å². The summed E-state index contributed by atoms with van der Waals surface area (Å²) in [6, 6.07) is 1.84. The third kappa shape index (κ3) is 8.66. The van der Waals surface area contributed by atoms with Crippen LogP contribution in [0, 0.1) is 18.3 Å². The molecule has 1 aromatic heterocycles. The molecule has 2 rings (SSSR count). The number of phosphoric ester groups is 1. The van der Waals surface area contributed by atoms with Gasteiger partial charge in [-0.25, -0.2) is 18.5 Å². The fourth-order valence-corrected chi connectivity index (χ4v) is 5.75. The van der Waals surface area contributed by atoms with Crippen molar-refractivity contribution in [3.63, 3.8) is 0 Å². The van der Waals surface area contributed by atoms with Crippen molar-refractivity contribution in [2.45, 2.75) is 38.2 Å². The number of hydrogen-bond donors (Lipinski definition) is 5. The average Bonchev–Trinajstić information content (AvgIpc) is 3.03. The Balaban J connectivity index is 2.14. The van der Waals surface area contributed by atoms with Gasteiger partial charge in [0.1, 0.15) is 12.3 Å². The number of phosphoric acid groups is 3. The first kappa shape index (κ1) is 27.7. The smallest absolute Gasteiger partial charge is 0.374 e. The molecule has 5 N–H and O–H groups in total. The third-order valence-electron chi connectivity index (χ3n) is 4.00. The number of rotatable bonds is 11. The number of ether oxygens (including phenoxy) is 2. The van der Waals surface area contributed by atoms with Gasteiger partial charge in [-0.1, -0.05) is 0 Å². The average molecular weight is 535 g/mol. The maximum absolute atomic E-state index is 12.1. The van der Waals surface area contributed by atoms with Crippen LogP contribution in [0.5, 0.6) is 0 Å². The first-order valence-electron chi connectivity index (χ1n) is 8.87. The highest BCUT2D eigenvalue weighted by Crippen LogP contribution is 2.66. The molecule has 1 aliphatic heterocycles. The summed E-state index contributed by atoms with van der Waals surface area (Å²) >= 11 is 0. The Labute approximate surface area is 184 Å². The lowest BCUT2D eigenvalue weighted by Gasteiger charge is -2.21. The summed E-state index contributed by atoms with van der Waals surface area (Å²) in [6.07, 6.45) is -1.88. The Morgan fingerprint density at radius 2 is 1.88 bits per heavy atom. The second kappa shape index (κ2) is 10.8. The van der Waals surface area contributed by atoms with E-state index in [-0.39, 0.29) is 25.0 Å². The van der Waals surface area contributed by atoms with Crippen LogP contribution in [0.15, 0.2) is 15.8 Å². The first-order chi connectivity index (χ1) is 15.1. The topological polar surface area (TPSA) is 257 Å². The van der Waals surface area contributed by atoms with Gasteiger partial charge in [0.15, 0.2) is 0 Å². The number of aromatic amines is 1. The van der Waals surface area contributed by atoms with Crippen LogP contribution in [0.25, 0.3) is 0 Å². The molecule has 5 unspecified atom stereocenters. The molecule has 17 nitrogen and oxygen atoms in total. The molecule has 20 heteroatoms. The Bertz CT molecular complexity index is 1150. The van der Waals surface area contributed by atoms with Crippen molar-refractivity contribution in [1.29, 1.82) is 5.26 Å². The standard InChI is InChI=1S/C13H20N3O14P3/c1-8-6-16(13(18)15-12(8)17)11-5-9(26-4-2-3-14)10(28-11)7-27-32(22,23)30-33(24,25)29-31(19,20)21/h6,9-11H,2,4-5,7H2,1H3,(H,22,23)(H,24,25)(H,15,17,18)(H2,19,20,21). The van der Waals surface area contributed by atoms with E-state index in [0.29, 0.717) is 0 Å². The van der Waals surface area contributed by atoms with Crippen LogP contribution in [-0.2, 0) is 36.3 Å². The van der Waals surface area contributed by atoms with Crippen LogP contribution in [0.4, 0.5) is 0 Å². The van der Waals surface area contributed by atoms with E-state index >= 15 is 0 Å². The minimum absolute atomic E-state index is 0.0124. The number of hydrogen-bond acceptors (Lipinski definition) is 11. The molecule has 0 amide bonds. The predicted octanol–water partition coefficient (Wildman–Crippen LogP) is -0.225. The van der Waals surface area contributed by atoms with Crippen LogP contribution in [0.1, 0.15) is 24.6 Å². The normalized spacial score (nSPS) is 24.7. The zero-order valence-electron chi connectivity index (χ0n) is 16.7. The molecule has 0 saturated carbocycles. The molecular formula is C13H20N3O14P3. The van der Waals surface area contributed by atoms with Crippen molar-refractivity contribution < 1.29 is 55.9 Å². The summed E-state index contributed by atoms with van der Waals surface area (Å²) in [4.78, 5) is 61.7. The van der Waals surface area contributed by atoms with Crippen molar-refractivity contribution in [2.75, 3.05) is 13.2 Å². The number of H-pyrrole nitrogens is 1. The summed E-state index contributed by atoms with van der Waals surface area (Å²) in [6.45, 7) is 0.564. The lowest BCUT2D eigenvalue weighted by Crippen LogP contribution is -2.33. The third-order valence-corrected chi connectivity index (χ3v) is 7.80. The highest BCUT2D eigenvalue weighted by Gasteiger charge is 2.43. The highest BCUT2D eigenvalue weighted by molar-refractivity contribution is 7.66. The summed E-state index contributed by atoms with van der Waals surface area (Å²) < 4.78 is 58.0. The van der Waals surface area contributed by atoms with Gasteiger partial charge >= 0.3 is 29.2 Å². The van der Waals surface area contributed by atoms with Crippen molar-refractivity contribution >= 4 is 23.5 Å². The number of nitriles is 1. The molecular weight excluding hydrogens is 515 g/mol. The summed E-state index contributed by atoms with van der Waals surface area (Å²) in [5.41, 5.74) is -1.22. The zero-order valence-corrected chi connectivity index (χ0v) is 19.4. The summed E-state index contributed by atoms with van der Waals surface area (Å²) in [5.74, 6) is 0. The largest absolute Gasteiger partial charge is 0.490 e. The number of aromatic nitrogens is 2. The van der Waals surface area contributed by atoms with E-state index in [9.17, 15) is 33.1 Å². The zero-order chi connectivity index (χ0) is 25.0. The Morgan fingerprint density at radius 3 is 2.48 bits per heavy atom. The predicted molar refractivity (Wildman–Crippen MR) is 104 cm³/mol. The van der Waals surface area contributed by atoms with Crippen molar-refractivity contribution in [3.8, 4) is 6.07 Å². The molecule has 1 saturated heterocycles. The lowest BCUT2D eigenvalue weighted by molar-refractivity contribution is -0.0603. The molecule has 33 heavy (non-hydrogen) atoms. The van der Waals surface area contributed by atoms with Gasteiger partial charge in [0.2, 0.25) is 0 Å². The molecule has 0 aromatic carbocycles. The maximum Gasteiger partial charge on any atom is 0.490 e. The Morgan fingerprint density at radius 1 is 1.21 bits per heavy atom. The highest BCUT2D eigenvalue weighted by atomic mass is 31.3. The van der Waals surface area contributed by atoms with Crippen LogP contribution < -0.4 is 11.2 Å². The van der Waals surface area contributed by atoms with Crippen LogP contribution in [-0.4, -0.2) is 54.5 Å². The van der Waals surface area contributed by atoms with E-state index in [2.05, 4.69) is 18.1 Å². The molecule has 5 atom stereocenters. The SMILES string of the molecule is Cc1cn(C2CC(OCCC#N)C(COP(=O)(O)OP(=O)(O)OP(=O)(O)O)O2)c(=O)[nH]c1=O. The number of aryl methyl sites for hydroxylation is 1. The van der Waals surface area contributed by atoms with E-state index < -0.39 is 59.8 Å². The minimum Gasteiger partial charge on any atom is -0.374 e. The second-order valence-electron chi connectivity index (χ2n) is 6.55. The van der Waals surface area contributed by atoms with Gasteiger partial charge < -0.3 is 29.0 Å². The van der Waals surface area contributed by atoms with Crippen LogP contribution in [0.3, 0.4) is 0 Å². The van der Waals surface area contributed by atoms with Gasteiger partial charge in [-0.05, 0) is 6.92 Å². The van der Waals surface area contributed by atoms with Gasteiger partial charge in [-0.15, -0.1) is 0 Å². The molecule has 0 radical (unpaired) electrons. The molecule has 186 valence electrons. The van der Waals surface area contributed by atoms with Crippen molar-refractivity contribution in [2.24, 2.45) is 0 Å². The Kier molecular flexibility index (Phi) is 9.11. The quantitative estimate of drug-likeness (QED) is 0.181. The first-order valence-corrected chi connectivity index (χ1v) is 13.4. The van der Waals surface area contributed by atoms with Gasteiger partial charge in [0.25, 0.3) is 5.56 Å². The molecule has 1 fully saturated rings. The fraction of sp³-hybridized carbons (Fsp3) is 0.615. The molecule has 1 aromatic rings. The van der Waals surface area contributed by atoms with Crippen LogP contribution >= 0.6 is 23.5 Å². The lowest BCUT2D eigenvalue weighted by atomic mass is 10.2. The molecule has 0 spiro atoms. The molecule has 0 bridgehead atoms. The van der Waals surface area contributed by atoms with Gasteiger partial charge in [-0.3, -0.25) is 18.9 Å². The van der Waals surface area contributed by atoms with E-state index in [4.69, 9.17) is 24.5 Å². The minimum atomic E-state index is -5.70. The monoisotopic (exact) mass is 535 g/mol. The molecule has 1 aliphatic rings. The van der Waals surface area contributed by atoms with Gasteiger partial charge in [0.05, 0.1) is 31.8 Å².